The fraction of sp³-hybridized carbons (Fsp3) is 0. The Bertz CT molecular complexity index is 1120. The summed E-state index contributed by atoms with van der Waals surface area (Å²) >= 11 is 109. The van der Waals surface area contributed by atoms with Gasteiger partial charge in [0.25, 0.3) is 0 Å². The summed E-state index contributed by atoms with van der Waals surface area (Å²) < 4.78 is 0. The summed E-state index contributed by atoms with van der Waals surface area (Å²) in [6.45, 7) is 0. The third-order valence-electron chi connectivity index (χ3n) is 2.45. The van der Waals surface area contributed by atoms with Crippen LogP contribution < -0.4 is 0 Å². The molecule has 0 unspecified atom stereocenters. The average molecular weight is 8120 g/mol. The van der Waals surface area contributed by atoms with Crippen LogP contribution in [0.1, 0.15) is 0 Å². The summed E-state index contributed by atoms with van der Waals surface area (Å²) in [6, 6.07) is 0. The first kappa shape index (κ1) is 111. The molecule has 0 fully saturated rings. The summed E-state index contributed by atoms with van der Waals surface area (Å²) in [5, 5.41) is 0. The van der Waals surface area contributed by atoms with Crippen molar-refractivity contribution < 1.29 is 0 Å². The van der Waals surface area contributed by atoms with E-state index >= 15 is 0 Å². The van der Waals surface area contributed by atoms with Crippen LogP contribution in [0.4, 0.5) is 0 Å². The zero-order valence-electron chi connectivity index (χ0n) is 24.2. The van der Waals surface area contributed by atoms with Crippen molar-refractivity contribution in [2.24, 2.45) is 0 Å². The van der Waals surface area contributed by atoms with E-state index in [0.717, 1.165) is 0 Å². The molecular formula is I64. The maximum atomic E-state index is 3.43. The molecule has 0 heterocycles. The molecule has 0 saturated carbocycles. The second-order valence-corrected chi connectivity index (χ2v) is 1520. The monoisotopic (exact) mass is 8120 g/mol. The molecule has 0 N–H and O–H groups in total. The van der Waals surface area contributed by atoms with E-state index in [-0.39, 0.29) is 0 Å². The van der Waals surface area contributed by atoms with Gasteiger partial charge in [0, 0.05) is 0 Å². The fourth-order valence-electron chi connectivity index (χ4n) is 0.895. The third-order valence-corrected chi connectivity index (χ3v) is 4960. The molecule has 0 aliphatic carbocycles. The van der Waals surface area contributed by atoms with E-state index in [1.165, 1.54) is 0 Å². The van der Waals surface area contributed by atoms with Gasteiger partial charge >= 0.3 is 859 Å². The van der Waals surface area contributed by atoms with Gasteiger partial charge in [-0.15, -0.1) is 0 Å². The standard InChI is InChI=1S/I64/c1-34(2)36(5)38(7)40(9)42(11)44(13)46(15)48(17)50(19)52(21)54(23)56(25)58(27)60(29)62(31)64(33)63(32)61(30)59(28)57(26)55(24)53(22)51(20)49(18)47(16)45(14)43(12)41(10)39(8)37(6)35(3)4. The average Bonchev–Trinajstić information content (AvgIpc) is 3.28. The van der Waals surface area contributed by atoms with Crippen LogP contribution in [0.15, 0.2) is 0 Å². The summed E-state index contributed by atoms with van der Waals surface area (Å²) in [4.78, 5) is 0. The zero-order chi connectivity index (χ0) is 50.9. The molecule has 0 aromatic heterocycles. The van der Waals surface area contributed by atoms with E-state index in [1.54, 1.807) is 0 Å². The summed E-state index contributed by atoms with van der Waals surface area (Å²) in [7, 11) is -17.5. The molecule has 0 aliphatic heterocycles. The molecule has 448 valence electrons. The van der Waals surface area contributed by atoms with Gasteiger partial charge in [-0.3, -0.25) is 0 Å². The normalized spacial score (nSPS) is 19.0. The van der Waals surface area contributed by atoms with Gasteiger partial charge in [-0.1, -0.05) is 0 Å². The molecule has 0 aromatic rings. The van der Waals surface area contributed by atoms with E-state index in [1.807, 2.05) is 0 Å². The van der Waals surface area contributed by atoms with Crippen molar-refractivity contribution >= 4 is 859 Å². The van der Waals surface area contributed by atoms with Gasteiger partial charge in [-0.25, -0.2) is 0 Å². The Kier molecular flexibility index (Phi) is 115. The second-order valence-electron chi connectivity index (χ2n) is 5.02. The predicted octanol–water partition coefficient (Wildman–Crippen LogP) is 56.7. The molecule has 0 bridgehead atoms. The molecule has 64 heavy (non-hydrogen) atoms. The molecule has 0 nitrogen and oxygen atoms in total. The Morgan fingerprint density at radius 1 is 0.0781 bits per heavy atom. The van der Waals surface area contributed by atoms with Crippen LogP contribution in [-0.2, 0) is 0 Å². The fourth-order valence-corrected chi connectivity index (χ4v) is 12200. The summed E-state index contributed by atoms with van der Waals surface area (Å²) in [5.41, 5.74) is 0. The first-order valence-corrected chi connectivity index (χ1v) is 405. The minimum atomic E-state index is -0.611. The first-order valence-electron chi connectivity index (χ1n) is 9.00. The van der Waals surface area contributed by atoms with Crippen molar-refractivity contribution in [3.8, 4) is 0 Å². The molecule has 0 saturated heterocycles. The number of hydrogen-bond acceptors (Lipinski definition) is 0. The molecular weight excluding hydrogens is 8120 g/mol. The number of hydrogen-bond donors (Lipinski definition) is 0. The predicted molar refractivity (Wildman–Crippen MR) is 897 cm³/mol. The van der Waals surface area contributed by atoms with Crippen LogP contribution in [0, 0.1) is 0 Å². The van der Waals surface area contributed by atoms with Crippen LogP contribution in [-0.4, -0.2) is 0 Å². The molecule has 0 aliphatic rings. The van der Waals surface area contributed by atoms with Gasteiger partial charge in [-0.2, -0.15) is 0 Å². The van der Waals surface area contributed by atoms with Gasteiger partial charge < -0.3 is 0 Å². The number of rotatable bonds is 30. The Morgan fingerprint density at radius 2 is 0.125 bits per heavy atom. The topological polar surface area (TPSA) is 0 Å². The molecule has 0 amide bonds. The Balaban J connectivity index is 5.70. The molecule has 64 heteroatoms. The first-order chi connectivity index (χ1) is 29.1. The maximum absolute atomic E-state index is 3.43. The van der Waals surface area contributed by atoms with Crippen molar-refractivity contribution in [1.29, 1.82) is 0 Å². The Morgan fingerprint density at radius 3 is 0.172 bits per heavy atom. The van der Waals surface area contributed by atoms with Crippen LogP contribution in [0.5, 0.6) is 0 Å². The third kappa shape index (κ3) is 45.4. The van der Waals surface area contributed by atoms with Crippen molar-refractivity contribution in [2.45, 2.75) is 0 Å². The molecule has 0 atom stereocenters. The van der Waals surface area contributed by atoms with Crippen molar-refractivity contribution in [2.75, 3.05) is 0 Å². The van der Waals surface area contributed by atoms with Crippen molar-refractivity contribution in [3.63, 3.8) is 0 Å². The van der Waals surface area contributed by atoms with Gasteiger partial charge in [0.05, 0.1) is 0 Å². The van der Waals surface area contributed by atoms with E-state index in [0.29, 0.717) is 0 Å². The molecule has 0 aromatic carbocycles. The SMILES string of the molecule is II(I)I(I)I(I)I(I)I(I)I(I)I(I)I(I)I(I)I(I)I(I)I(I)I(I)I(I)I(I)I(I)I(I)I(I)I(I)I(I)I(I)I(I)I(I)I(I)I(I)I(I)I(I)I(I)I(I)I(I)I(I)I. The summed E-state index contributed by atoms with van der Waals surface area (Å²) in [6.07, 6.45) is 0. The van der Waals surface area contributed by atoms with Crippen LogP contribution in [0.3, 0.4) is 0 Å². The van der Waals surface area contributed by atoms with Crippen LogP contribution in [0.2, 0.25) is 0 Å². The Hall–Kier alpha value is 46.7. The van der Waals surface area contributed by atoms with Gasteiger partial charge in [0.15, 0.2) is 0 Å². The van der Waals surface area contributed by atoms with Gasteiger partial charge in [-0.05, 0) is 0 Å². The summed E-state index contributed by atoms with van der Waals surface area (Å²) in [5.74, 6) is 0. The van der Waals surface area contributed by atoms with E-state index < -0.39 is 245 Å². The quantitative estimate of drug-likeness (QED) is 0.0629. The Labute approximate surface area is 807 Å². The molecule has 0 spiro atoms. The van der Waals surface area contributed by atoms with E-state index in [2.05, 4.69) is 614 Å². The van der Waals surface area contributed by atoms with Crippen LogP contribution in [0.25, 0.3) is 0 Å². The van der Waals surface area contributed by atoms with E-state index in [4.69, 9.17) is 0 Å². The van der Waals surface area contributed by atoms with Crippen molar-refractivity contribution in [1.82, 2.24) is 0 Å². The minimum absolute atomic E-state index is 0.476. The number of halogens is 64. The molecule has 0 radical (unpaired) electrons. The van der Waals surface area contributed by atoms with Crippen molar-refractivity contribution in [3.05, 3.63) is 0 Å². The van der Waals surface area contributed by atoms with Crippen LogP contribution >= 0.6 is 859 Å². The van der Waals surface area contributed by atoms with Gasteiger partial charge in [0.1, 0.15) is 0 Å². The van der Waals surface area contributed by atoms with E-state index in [9.17, 15) is 0 Å². The molecule has 0 rings (SSSR count). The zero-order valence-corrected chi connectivity index (χ0v) is 162. The van der Waals surface area contributed by atoms with Gasteiger partial charge in [0.2, 0.25) is 0 Å². The second kappa shape index (κ2) is 66.4.